The van der Waals surface area contributed by atoms with E-state index in [1.165, 1.54) is 0 Å². The monoisotopic (exact) mass is 430 g/mol. The highest BCUT2D eigenvalue weighted by molar-refractivity contribution is 6.31. The molecule has 7 nitrogen and oxygen atoms in total. The molecule has 0 saturated heterocycles. The molecular formula is C22H27ClN4O3. The summed E-state index contributed by atoms with van der Waals surface area (Å²) < 4.78 is 10.8. The van der Waals surface area contributed by atoms with Crippen LogP contribution in [0.5, 0.6) is 0 Å². The highest BCUT2D eigenvalue weighted by Crippen LogP contribution is 2.29. The maximum absolute atomic E-state index is 12.3. The lowest BCUT2D eigenvalue weighted by molar-refractivity contribution is -0.121. The average Bonchev–Trinajstić information content (AvgIpc) is 3.26. The predicted molar refractivity (Wildman–Crippen MR) is 119 cm³/mol. The molecule has 160 valence electrons. The number of furan rings is 1. The molecule has 0 fully saturated rings. The number of hydrogen-bond acceptors (Lipinski definition) is 6. The molecule has 0 spiro atoms. The van der Waals surface area contributed by atoms with Gasteiger partial charge in [-0.2, -0.15) is 0 Å². The molecule has 0 aliphatic rings. The Hall–Kier alpha value is -2.64. The lowest BCUT2D eigenvalue weighted by Gasteiger charge is -2.25. The van der Waals surface area contributed by atoms with Gasteiger partial charge in [-0.3, -0.25) is 4.79 Å². The Morgan fingerprint density at radius 1 is 1.27 bits per heavy atom. The fourth-order valence-electron chi connectivity index (χ4n) is 3.01. The van der Waals surface area contributed by atoms with Crippen molar-refractivity contribution < 1.29 is 13.9 Å². The zero-order chi connectivity index (χ0) is 21.5. The maximum Gasteiger partial charge on any atom is 0.221 e. The van der Waals surface area contributed by atoms with Gasteiger partial charge in [0.2, 0.25) is 5.91 Å². The van der Waals surface area contributed by atoms with Crippen molar-refractivity contribution in [1.29, 1.82) is 0 Å². The fraction of sp³-hybridized carbons (Fsp3) is 0.409. The Kier molecular flexibility index (Phi) is 7.65. The van der Waals surface area contributed by atoms with E-state index in [-0.39, 0.29) is 5.91 Å². The van der Waals surface area contributed by atoms with E-state index in [4.69, 9.17) is 25.7 Å². The van der Waals surface area contributed by atoms with E-state index in [1.807, 2.05) is 23.1 Å². The summed E-state index contributed by atoms with van der Waals surface area (Å²) in [5.74, 6) is 2.18. The lowest BCUT2D eigenvalue weighted by atomic mass is 10.2. The first-order valence-electron chi connectivity index (χ1n) is 9.99. The van der Waals surface area contributed by atoms with E-state index < -0.39 is 0 Å². The second-order valence-corrected chi connectivity index (χ2v) is 7.87. The standard InChI is InChI=1S/C22H27ClN4O3/c1-15(2)14-24-20(28)8-9-27(10-12-29-3)22-17-7-6-16(23)13-18(17)25-21(26-22)19-5-4-11-30-19/h4-7,11,13,15H,8-10,12,14H2,1-3H3,(H,24,28). The smallest absolute Gasteiger partial charge is 0.221 e. The van der Waals surface area contributed by atoms with E-state index in [9.17, 15) is 4.79 Å². The number of hydrogen-bond donors (Lipinski definition) is 1. The SMILES string of the molecule is COCCN(CCC(=O)NCC(C)C)c1nc(-c2ccco2)nc2cc(Cl)ccc12. The number of ether oxygens (including phenoxy) is 1. The van der Waals surface area contributed by atoms with E-state index in [0.29, 0.717) is 60.7 Å². The number of amides is 1. The number of benzene rings is 1. The van der Waals surface area contributed by atoms with Gasteiger partial charge in [-0.05, 0) is 36.2 Å². The van der Waals surface area contributed by atoms with Crippen LogP contribution in [0.15, 0.2) is 41.0 Å². The van der Waals surface area contributed by atoms with Crippen molar-refractivity contribution in [2.45, 2.75) is 20.3 Å². The Labute approximate surface area is 181 Å². The van der Waals surface area contributed by atoms with Gasteiger partial charge >= 0.3 is 0 Å². The number of rotatable bonds is 10. The molecule has 30 heavy (non-hydrogen) atoms. The van der Waals surface area contributed by atoms with Crippen molar-refractivity contribution in [3.63, 3.8) is 0 Å². The molecule has 0 saturated carbocycles. The van der Waals surface area contributed by atoms with E-state index >= 15 is 0 Å². The van der Waals surface area contributed by atoms with Crippen molar-refractivity contribution in [2.75, 3.05) is 38.3 Å². The van der Waals surface area contributed by atoms with E-state index in [0.717, 1.165) is 11.2 Å². The summed E-state index contributed by atoms with van der Waals surface area (Å²) >= 11 is 6.20. The molecule has 1 aromatic carbocycles. The number of nitrogens with one attached hydrogen (secondary N) is 1. The summed E-state index contributed by atoms with van der Waals surface area (Å²) in [5.41, 5.74) is 0.713. The summed E-state index contributed by atoms with van der Waals surface area (Å²) in [6.45, 7) is 6.39. The van der Waals surface area contributed by atoms with Crippen LogP contribution in [0.25, 0.3) is 22.5 Å². The average molecular weight is 431 g/mol. The normalized spacial score (nSPS) is 11.2. The molecular weight excluding hydrogens is 404 g/mol. The Morgan fingerprint density at radius 3 is 2.80 bits per heavy atom. The first-order chi connectivity index (χ1) is 14.5. The second kappa shape index (κ2) is 10.4. The number of carbonyl (C=O) groups is 1. The van der Waals surface area contributed by atoms with Gasteiger partial charge in [0, 0.05) is 43.6 Å². The minimum absolute atomic E-state index is 0.0128. The molecule has 0 aliphatic carbocycles. The van der Waals surface area contributed by atoms with Crippen LogP contribution in [-0.2, 0) is 9.53 Å². The Balaban J connectivity index is 1.94. The largest absolute Gasteiger partial charge is 0.461 e. The summed E-state index contributed by atoms with van der Waals surface area (Å²) in [5, 5.41) is 4.41. The number of fused-ring (bicyclic) bond motifs is 1. The van der Waals surface area contributed by atoms with E-state index in [1.54, 1.807) is 25.5 Å². The molecule has 8 heteroatoms. The second-order valence-electron chi connectivity index (χ2n) is 7.44. The number of anilines is 1. The molecule has 0 aliphatic heterocycles. The highest BCUT2D eigenvalue weighted by Gasteiger charge is 2.18. The Bertz CT molecular complexity index is 976. The number of nitrogens with zero attached hydrogens (tertiary/aromatic N) is 3. The van der Waals surface area contributed by atoms with Crippen LogP contribution in [0.3, 0.4) is 0 Å². The van der Waals surface area contributed by atoms with E-state index in [2.05, 4.69) is 24.1 Å². The van der Waals surface area contributed by atoms with Gasteiger partial charge in [-0.25, -0.2) is 9.97 Å². The molecule has 0 bridgehead atoms. The fourth-order valence-corrected chi connectivity index (χ4v) is 3.18. The topological polar surface area (TPSA) is 80.5 Å². The highest BCUT2D eigenvalue weighted by atomic mass is 35.5. The summed E-state index contributed by atoms with van der Waals surface area (Å²) in [7, 11) is 1.65. The first-order valence-corrected chi connectivity index (χ1v) is 10.4. The van der Waals surface area contributed by atoms with Crippen LogP contribution < -0.4 is 10.2 Å². The molecule has 2 heterocycles. The zero-order valence-electron chi connectivity index (χ0n) is 17.5. The van der Waals surface area contributed by atoms with Crippen LogP contribution in [0.2, 0.25) is 5.02 Å². The number of methoxy groups -OCH3 is 1. The van der Waals surface area contributed by atoms with Gasteiger partial charge in [-0.15, -0.1) is 0 Å². The van der Waals surface area contributed by atoms with Crippen LogP contribution in [0, 0.1) is 5.92 Å². The minimum atomic E-state index is 0.0128. The van der Waals surface area contributed by atoms with Crippen LogP contribution in [-0.4, -0.2) is 49.2 Å². The van der Waals surface area contributed by atoms with Crippen LogP contribution in [0.1, 0.15) is 20.3 Å². The first kappa shape index (κ1) is 22.1. The molecule has 2 aromatic heterocycles. The maximum atomic E-state index is 12.3. The molecule has 0 atom stereocenters. The van der Waals surface area contributed by atoms with Gasteiger partial charge in [0.1, 0.15) is 5.82 Å². The molecule has 1 N–H and O–H groups in total. The summed E-state index contributed by atoms with van der Waals surface area (Å²) in [6.07, 6.45) is 1.94. The number of aromatic nitrogens is 2. The minimum Gasteiger partial charge on any atom is -0.461 e. The van der Waals surface area contributed by atoms with Gasteiger partial charge < -0.3 is 19.4 Å². The van der Waals surface area contributed by atoms with Crippen LogP contribution >= 0.6 is 11.6 Å². The molecule has 0 unspecified atom stereocenters. The predicted octanol–water partition coefficient (Wildman–Crippen LogP) is 4.16. The molecule has 3 aromatic rings. The third-order valence-corrected chi connectivity index (χ3v) is 4.80. The lowest BCUT2D eigenvalue weighted by Crippen LogP contribution is -2.34. The van der Waals surface area contributed by atoms with Crippen molar-refractivity contribution >= 4 is 34.2 Å². The van der Waals surface area contributed by atoms with Crippen molar-refractivity contribution in [3.8, 4) is 11.6 Å². The quantitative estimate of drug-likeness (QED) is 0.520. The van der Waals surface area contributed by atoms with Gasteiger partial charge in [0.25, 0.3) is 0 Å². The molecule has 3 rings (SSSR count). The third kappa shape index (κ3) is 5.70. The summed E-state index contributed by atoms with van der Waals surface area (Å²) in [6, 6.07) is 9.12. The van der Waals surface area contributed by atoms with Crippen molar-refractivity contribution in [2.24, 2.45) is 5.92 Å². The van der Waals surface area contributed by atoms with Gasteiger partial charge in [0.05, 0.1) is 18.4 Å². The van der Waals surface area contributed by atoms with Gasteiger partial charge in [0.15, 0.2) is 11.6 Å². The molecule has 1 amide bonds. The van der Waals surface area contributed by atoms with Gasteiger partial charge in [-0.1, -0.05) is 25.4 Å². The summed E-state index contributed by atoms with van der Waals surface area (Å²) in [4.78, 5) is 23.7. The zero-order valence-corrected chi connectivity index (χ0v) is 18.3. The third-order valence-electron chi connectivity index (χ3n) is 4.56. The Morgan fingerprint density at radius 2 is 2.10 bits per heavy atom. The number of carbonyl (C=O) groups excluding carboxylic acids is 1. The number of halogens is 1. The van der Waals surface area contributed by atoms with Crippen LogP contribution in [0.4, 0.5) is 5.82 Å². The van der Waals surface area contributed by atoms with Crippen molar-refractivity contribution in [1.82, 2.24) is 15.3 Å². The molecule has 0 radical (unpaired) electrons. The van der Waals surface area contributed by atoms with Crippen molar-refractivity contribution in [3.05, 3.63) is 41.6 Å².